The number of aryl methyl sites for hydroxylation is 1. The third-order valence-corrected chi connectivity index (χ3v) is 6.08. The highest BCUT2D eigenvalue weighted by Gasteiger charge is 2.26. The number of hydrogen-bond donors (Lipinski definition) is 1. The number of piperazine rings is 1. The van der Waals surface area contributed by atoms with Gasteiger partial charge < -0.3 is 10.2 Å². The molecular weight excluding hydrogens is 334 g/mol. The van der Waals surface area contributed by atoms with E-state index in [1.807, 2.05) is 6.07 Å². The largest absolute Gasteiger partial charge is 0.369 e. The second-order valence-electron chi connectivity index (χ2n) is 7.70. The minimum absolute atomic E-state index is 0.733. The Morgan fingerprint density at radius 2 is 1.78 bits per heavy atom. The molecule has 0 bridgehead atoms. The molecule has 3 aromatic rings. The van der Waals surface area contributed by atoms with E-state index in [1.54, 1.807) is 0 Å². The number of anilines is 1. The lowest BCUT2D eigenvalue weighted by Gasteiger charge is -2.39. The Hall–Kier alpha value is -2.37. The lowest BCUT2D eigenvalue weighted by atomic mass is 10.1. The molecule has 2 saturated heterocycles. The minimum Gasteiger partial charge on any atom is -0.369 e. The van der Waals surface area contributed by atoms with Gasteiger partial charge in [-0.05, 0) is 50.2 Å². The highest BCUT2D eigenvalue weighted by atomic mass is 15.3. The Morgan fingerprint density at radius 1 is 0.963 bits per heavy atom. The maximum atomic E-state index is 4.79. The van der Waals surface area contributed by atoms with E-state index in [-0.39, 0.29) is 0 Å². The Kier molecular flexibility index (Phi) is 4.34. The molecule has 1 aromatic heterocycles. The van der Waals surface area contributed by atoms with Crippen LogP contribution in [0.15, 0.2) is 48.5 Å². The summed E-state index contributed by atoms with van der Waals surface area (Å²) in [6.07, 6.45) is 1.29. The van der Waals surface area contributed by atoms with Crippen molar-refractivity contribution in [2.45, 2.75) is 19.4 Å². The maximum Gasteiger partial charge on any atom is 0.0764 e. The van der Waals surface area contributed by atoms with E-state index < -0.39 is 0 Å². The molecule has 5 nitrogen and oxygen atoms in total. The molecule has 0 spiro atoms. The summed E-state index contributed by atoms with van der Waals surface area (Å²) in [4.78, 5) is 5.18. The smallest absolute Gasteiger partial charge is 0.0764 e. The second kappa shape index (κ2) is 6.98. The quantitative estimate of drug-likeness (QED) is 0.778. The molecule has 0 saturated carbocycles. The number of fused-ring (bicyclic) bond motifs is 1. The van der Waals surface area contributed by atoms with E-state index in [0.29, 0.717) is 0 Å². The lowest BCUT2D eigenvalue weighted by molar-refractivity contribution is 0.196. The number of aromatic nitrogens is 2. The fraction of sp³-hybridized carbons (Fsp3) is 0.409. The summed E-state index contributed by atoms with van der Waals surface area (Å²) < 4.78 is 2.08. The topological polar surface area (TPSA) is 36.3 Å². The highest BCUT2D eigenvalue weighted by molar-refractivity contribution is 5.86. The first-order valence-electron chi connectivity index (χ1n) is 10.0. The molecule has 2 aromatic carbocycles. The van der Waals surface area contributed by atoms with Crippen LogP contribution >= 0.6 is 0 Å². The van der Waals surface area contributed by atoms with Crippen molar-refractivity contribution in [3.05, 3.63) is 54.2 Å². The zero-order valence-corrected chi connectivity index (χ0v) is 15.9. The average Bonchev–Trinajstić information content (AvgIpc) is 3.37. The van der Waals surface area contributed by atoms with Crippen molar-refractivity contribution in [1.82, 2.24) is 20.0 Å². The molecule has 0 amide bonds. The van der Waals surface area contributed by atoms with Gasteiger partial charge >= 0.3 is 0 Å². The first-order valence-corrected chi connectivity index (χ1v) is 10.0. The van der Waals surface area contributed by atoms with Gasteiger partial charge in [0.25, 0.3) is 0 Å². The predicted molar refractivity (Wildman–Crippen MR) is 111 cm³/mol. The van der Waals surface area contributed by atoms with Gasteiger partial charge in [0.05, 0.1) is 16.9 Å². The zero-order chi connectivity index (χ0) is 18.2. The third-order valence-electron chi connectivity index (χ3n) is 6.08. The van der Waals surface area contributed by atoms with E-state index in [0.717, 1.165) is 50.1 Å². The summed E-state index contributed by atoms with van der Waals surface area (Å²) in [5.41, 5.74) is 4.70. The summed E-state index contributed by atoms with van der Waals surface area (Å²) in [6.45, 7) is 8.92. The fourth-order valence-electron chi connectivity index (χ4n) is 4.52. The predicted octanol–water partition coefficient (Wildman–Crippen LogP) is 2.82. The van der Waals surface area contributed by atoms with Gasteiger partial charge in [-0.2, -0.15) is 5.10 Å². The fourth-order valence-corrected chi connectivity index (χ4v) is 4.52. The van der Waals surface area contributed by atoms with Crippen LogP contribution in [-0.2, 0) is 0 Å². The molecule has 1 N–H and O–H groups in total. The maximum absolute atomic E-state index is 4.79. The number of para-hydroxylation sites is 1. The van der Waals surface area contributed by atoms with Crippen molar-refractivity contribution >= 4 is 16.6 Å². The van der Waals surface area contributed by atoms with Gasteiger partial charge in [-0.3, -0.25) is 4.90 Å². The Bertz CT molecular complexity index is 919. The molecule has 1 unspecified atom stereocenters. The van der Waals surface area contributed by atoms with Crippen molar-refractivity contribution in [3.8, 4) is 5.69 Å². The van der Waals surface area contributed by atoms with Crippen LogP contribution in [0.1, 0.15) is 12.1 Å². The van der Waals surface area contributed by atoms with E-state index >= 15 is 0 Å². The summed E-state index contributed by atoms with van der Waals surface area (Å²) in [5.74, 6) is 0. The summed E-state index contributed by atoms with van der Waals surface area (Å²) in [6, 6.07) is 18.0. The molecule has 2 aliphatic heterocycles. The molecule has 2 fully saturated rings. The van der Waals surface area contributed by atoms with E-state index in [9.17, 15) is 0 Å². The van der Waals surface area contributed by atoms with Crippen LogP contribution < -0.4 is 10.2 Å². The Balaban J connectivity index is 1.41. The standard InChI is InChI=1S/C22H27N5/c1-17-21-8-7-19(15-22(21)27(24-17)18-5-3-2-4-6-18)25-11-13-26(14-12-25)20-9-10-23-16-20/h2-8,15,20,23H,9-14,16H2,1H3. The van der Waals surface area contributed by atoms with Crippen LogP contribution in [0.5, 0.6) is 0 Å². The van der Waals surface area contributed by atoms with Crippen LogP contribution in [0, 0.1) is 6.92 Å². The molecule has 1 atom stereocenters. The number of benzene rings is 2. The average molecular weight is 361 g/mol. The molecule has 3 heterocycles. The molecule has 140 valence electrons. The molecule has 5 rings (SSSR count). The SMILES string of the molecule is Cc1nn(-c2ccccc2)c2cc(N3CCN(C4CCNC4)CC3)ccc12. The normalized spacial score (nSPS) is 21.2. The Morgan fingerprint density at radius 3 is 2.52 bits per heavy atom. The summed E-state index contributed by atoms with van der Waals surface area (Å²) in [7, 11) is 0. The number of nitrogens with zero attached hydrogens (tertiary/aromatic N) is 4. The van der Waals surface area contributed by atoms with Crippen LogP contribution in [0.3, 0.4) is 0 Å². The van der Waals surface area contributed by atoms with Crippen LogP contribution in [0.4, 0.5) is 5.69 Å². The van der Waals surface area contributed by atoms with E-state index in [4.69, 9.17) is 5.10 Å². The van der Waals surface area contributed by atoms with Gasteiger partial charge in [-0.25, -0.2) is 4.68 Å². The highest BCUT2D eigenvalue weighted by Crippen LogP contribution is 2.27. The monoisotopic (exact) mass is 361 g/mol. The van der Waals surface area contributed by atoms with E-state index in [2.05, 4.69) is 69.2 Å². The van der Waals surface area contributed by atoms with Crippen molar-refractivity contribution in [2.75, 3.05) is 44.2 Å². The van der Waals surface area contributed by atoms with Gasteiger partial charge in [0.15, 0.2) is 0 Å². The van der Waals surface area contributed by atoms with Gasteiger partial charge in [-0.15, -0.1) is 0 Å². The first-order chi connectivity index (χ1) is 13.3. The third kappa shape index (κ3) is 3.11. The van der Waals surface area contributed by atoms with Crippen molar-refractivity contribution in [1.29, 1.82) is 0 Å². The molecule has 27 heavy (non-hydrogen) atoms. The summed E-state index contributed by atoms with van der Waals surface area (Å²) in [5, 5.41) is 9.52. The molecular formula is C22H27N5. The molecule has 0 radical (unpaired) electrons. The molecule has 5 heteroatoms. The van der Waals surface area contributed by atoms with Crippen LogP contribution in [0.2, 0.25) is 0 Å². The van der Waals surface area contributed by atoms with Crippen LogP contribution in [-0.4, -0.2) is 60.0 Å². The first kappa shape index (κ1) is 16.8. The van der Waals surface area contributed by atoms with E-state index in [1.165, 1.54) is 29.6 Å². The van der Waals surface area contributed by atoms with Gasteiger partial charge in [0.1, 0.15) is 0 Å². The summed E-state index contributed by atoms with van der Waals surface area (Å²) >= 11 is 0. The van der Waals surface area contributed by atoms with Crippen molar-refractivity contribution < 1.29 is 0 Å². The number of rotatable bonds is 3. The number of nitrogens with one attached hydrogen (secondary N) is 1. The van der Waals surface area contributed by atoms with Crippen molar-refractivity contribution in [2.24, 2.45) is 0 Å². The number of hydrogen-bond acceptors (Lipinski definition) is 4. The molecule has 0 aliphatic carbocycles. The molecule has 2 aliphatic rings. The second-order valence-corrected chi connectivity index (χ2v) is 7.70. The zero-order valence-electron chi connectivity index (χ0n) is 15.9. The lowest BCUT2D eigenvalue weighted by Crippen LogP contribution is -2.51. The Labute approximate surface area is 160 Å². The van der Waals surface area contributed by atoms with Gasteiger partial charge in [-0.1, -0.05) is 18.2 Å². The van der Waals surface area contributed by atoms with Gasteiger partial charge in [0.2, 0.25) is 0 Å². The van der Waals surface area contributed by atoms with Crippen molar-refractivity contribution in [3.63, 3.8) is 0 Å². The van der Waals surface area contributed by atoms with Crippen LogP contribution in [0.25, 0.3) is 16.6 Å². The minimum atomic E-state index is 0.733. The van der Waals surface area contributed by atoms with Gasteiger partial charge in [0, 0.05) is 49.8 Å².